The zero-order valence-corrected chi connectivity index (χ0v) is 13.0. The molecule has 1 N–H and O–H groups in total. The molecule has 0 aliphatic rings. The maximum absolute atomic E-state index is 10.9. The highest BCUT2D eigenvalue weighted by atomic mass is 79.9. The molecular formula is C14H12BrClN2O2. The summed E-state index contributed by atoms with van der Waals surface area (Å²) in [5.74, 6) is 0. The average molecular weight is 356 g/mol. The van der Waals surface area contributed by atoms with Crippen molar-refractivity contribution in [1.29, 1.82) is 0 Å². The van der Waals surface area contributed by atoms with Crippen molar-refractivity contribution >= 4 is 38.9 Å². The van der Waals surface area contributed by atoms with Crippen LogP contribution in [0.15, 0.2) is 40.9 Å². The highest BCUT2D eigenvalue weighted by Gasteiger charge is 2.13. The molecule has 0 bridgehead atoms. The Hall–Kier alpha value is -1.59. The molecule has 0 spiro atoms. The first-order chi connectivity index (χ1) is 9.49. The minimum absolute atomic E-state index is 0.111. The Morgan fingerprint density at radius 3 is 2.80 bits per heavy atom. The number of hydrogen-bond acceptors (Lipinski definition) is 3. The Morgan fingerprint density at radius 1 is 1.35 bits per heavy atom. The Balaban J connectivity index is 2.21. The lowest BCUT2D eigenvalue weighted by molar-refractivity contribution is -0.385. The van der Waals surface area contributed by atoms with Gasteiger partial charge in [0.25, 0.3) is 5.69 Å². The number of hydrogen-bond donors (Lipinski definition) is 1. The smallest absolute Gasteiger partial charge is 0.274 e. The monoisotopic (exact) mass is 354 g/mol. The molecule has 0 saturated heterocycles. The molecule has 0 unspecified atom stereocenters. The molecule has 0 atom stereocenters. The second-order valence-electron chi connectivity index (χ2n) is 4.30. The molecule has 0 saturated carbocycles. The van der Waals surface area contributed by atoms with Gasteiger partial charge in [0.15, 0.2) is 0 Å². The summed E-state index contributed by atoms with van der Waals surface area (Å²) < 4.78 is 0.942. The van der Waals surface area contributed by atoms with E-state index >= 15 is 0 Å². The maximum atomic E-state index is 10.9. The average Bonchev–Trinajstić information content (AvgIpc) is 2.41. The van der Waals surface area contributed by atoms with Crippen molar-refractivity contribution in [2.75, 3.05) is 5.32 Å². The molecule has 2 aromatic rings. The first-order valence-electron chi connectivity index (χ1n) is 5.91. The summed E-state index contributed by atoms with van der Waals surface area (Å²) in [6.45, 7) is 2.26. The molecule has 0 radical (unpaired) electrons. The van der Waals surface area contributed by atoms with Crippen LogP contribution < -0.4 is 5.32 Å². The zero-order chi connectivity index (χ0) is 14.7. The van der Waals surface area contributed by atoms with Crippen molar-refractivity contribution < 1.29 is 4.92 Å². The van der Waals surface area contributed by atoms with Gasteiger partial charge < -0.3 is 5.32 Å². The fourth-order valence-electron chi connectivity index (χ4n) is 1.88. The minimum atomic E-state index is -0.379. The Bertz CT molecular complexity index is 662. The predicted molar refractivity (Wildman–Crippen MR) is 84.3 cm³/mol. The van der Waals surface area contributed by atoms with E-state index in [1.165, 1.54) is 6.07 Å². The summed E-state index contributed by atoms with van der Waals surface area (Å²) in [5, 5.41) is 14.8. The van der Waals surface area contributed by atoms with Crippen LogP contribution in [-0.2, 0) is 6.54 Å². The lowest BCUT2D eigenvalue weighted by atomic mass is 10.1. The van der Waals surface area contributed by atoms with Crippen LogP contribution >= 0.6 is 27.5 Å². The topological polar surface area (TPSA) is 55.2 Å². The number of rotatable bonds is 4. The van der Waals surface area contributed by atoms with Gasteiger partial charge in [0, 0.05) is 33.4 Å². The van der Waals surface area contributed by atoms with Crippen LogP contribution in [0.5, 0.6) is 0 Å². The molecule has 0 aliphatic carbocycles. The van der Waals surface area contributed by atoms with Crippen LogP contribution in [0.25, 0.3) is 0 Å². The summed E-state index contributed by atoms with van der Waals surface area (Å²) in [5.41, 5.74) is 2.46. The van der Waals surface area contributed by atoms with Crippen molar-refractivity contribution in [3.63, 3.8) is 0 Å². The molecule has 0 heterocycles. The molecule has 20 heavy (non-hydrogen) atoms. The van der Waals surface area contributed by atoms with Crippen molar-refractivity contribution in [3.05, 3.63) is 67.1 Å². The number of benzene rings is 2. The molecule has 2 aromatic carbocycles. The van der Waals surface area contributed by atoms with Gasteiger partial charge in [-0.05, 0) is 36.8 Å². The molecular weight excluding hydrogens is 344 g/mol. The third-order valence-corrected chi connectivity index (χ3v) is 3.99. The zero-order valence-electron chi connectivity index (χ0n) is 10.7. The molecule has 0 fully saturated rings. The van der Waals surface area contributed by atoms with E-state index in [1.54, 1.807) is 19.1 Å². The van der Waals surface area contributed by atoms with Crippen LogP contribution in [0, 0.1) is 17.0 Å². The first kappa shape index (κ1) is 14.8. The second kappa shape index (κ2) is 6.24. The summed E-state index contributed by atoms with van der Waals surface area (Å²) in [6.07, 6.45) is 0. The van der Waals surface area contributed by atoms with Crippen LogP contribution in [0.1, 0.15) is 11.1 Å². The molecule has 0 amide bonds. The lowest BCUT2D eigenvalue weighted by Gasteiger charge is -2.11. The molecule has 0 aromatic heterocycles. The Morgan fingerprint density at radius 2 is 2.10 bits per heavy atom. The van der Waals surface area contributed by atoms with Gasteiger partial charge in [-0.15, -0.1) is 0 Å². The van der Waals surface area contributed by atoms with E-state index in [9.17, 15) is 10.1 Å². The number of anilines is 1. The van der Waals surface area contributed by atoms with E-state index in [0.29, 0.717) is 17.1 Å². The van der Waals surface area contributed by atoms with Crippen molar-refractivity contribution in [1.82, 2.24) is 0 Å². The van der Waals surface area contributed by atoms with Gasteiger partial charge in [-0.2, -0.15) is 0 Å². The van der Waals surface area contributed by atoms with Gasteiger partial charge in [0.1, 0.15) is 0 Å². The largest absolute Gasteiger partial charge is 0.381 e. The summed E-state index contributed by atoms with van der Waals surface area (Å²) >= 11 is 9.41. The molecule has 104 valence electrons. The van der Waals surface area contributed by atoms with Gasteiger partial charge in [-0.3, -0.25) is 10.1 Å². The van der Waals surface area contributed by atoms with Crippen LogP contribution in [-0.4, -0.2) is 4.92 Å². The minimum Gasteiger partial charge on any atom is -0.381 e. The van der Waals surface area contributed by atoms with E-state index in [4.69, 9.17) is 11.6 Å². The quantitative estimate of drug-likeness (QED) is 0.625. The lowest BCUT2D eigenvalue weighted by Crippen LogP contribution is -2.03. The predicted octanol–water partition coefficient (Wildman–Crippen LogP) is 4.93. The Labute approximate surface area is 130 Å². The van der Waals surface area contributed by atoms with Gasteiger partial charge in [0.05, 0.1) is 4.92 Å². The number of nitrogens with zero attached hydrogens (tertiary/aromatic N) is 1. The van der Waals surface area contributed by atoms with Gasteiger partial charge >= 0.3 is 0 Å². The number of nitrogens with one attached hydrogen (secondary N) is 1. The van der Waals surface area contributed by atoms with Crippen LogP contribution in [0.3, 0.4) is 0 Å². The number of nitro benzene ring substituents is 1. The van der Waals surface area contributed by atoms with Crippen molar-refractivity contribution in [2.24, 2.45) is 0 Å². The van der Waals surface area contributed by atoms with E-state index in [2.05, 4.69) is 21.2 Å². The summed E-state index contributed by atoms with van der Waals surface area (Å²) in [7, 11) is 0. The van der Waals surface area contributed by atoms with E-state index in [-0.39, 0.29) is 10.6 Å². The normalized spacial score (nSPS) is 10.3. The molecule has 0 aliphatic heterocycles. The highest BCUT2D eigenvalue weighted by molar-refractivity contribution is 9.10. The number of nitro groups is 1. The fraction of sp³-hybridized carbons (Fsp3) is 0.143. The molecule has 4 nitrogen and oxygen atoms in total. The highest BCUT2D eigenvalue weighted by Crippen LogP contribution is 2.27. The first-order valence-corrected chi connectivity index (χ1v) is 7.08. The standard InChI is InChI=1S/C14H12BrClN2O2/c1-9-13(3-2-4-14(9)18(19)20)17-8-10-7-11(16)5-6-12(10)15/h2-7,17H,8H2,1H3. The van der Waals surface area contributed by atoms with Gasteiger partial charge in [-0.25, -0.2) is 0 Å². The number of halogens is 2. The van der Waals surface area contributed by atoms with Crippen molar-refractivity contribution in [3.8, 4) is 0 Å². The van der Waals surface area contributed by atoms with Gasteiger partial charge in [0.2, 0.25) is 0 Å². The SMILES string of the molecule is Cc1c(NCc2cc(Cl)ccc2Br)cccc1[N+](=O)[O-]. The summed E-state index contributed by atoms with van der Waals surface area (Å²) in [4.78, 5) is 10.5. The van der Waals surface area contributed by atoms with Crippen LogP contribution in [0.4, 0.5) is 11.4 Å². The third-order valence-electron chi connectivity index (χ3n) is 2.98. The molecule has 6 heteroatoms. The van der Waals surface area contributed by atoms with E-state index in [0.717, 1.165) is 15.7 Å². The third kappa shape index (κ3) is 3.29. The van der Waals surface area contributed by atoms with Crippen molar-refractivity contribution in [2.45, 2.75) is 13.5 Å². The van der Waals surface area contributed by atoms with E-state index < -0.39 is 0 Å². The second-order valence-corrected chi connectivity index (χ2v) is 5.59. The van der Waals surface area contributed by atoms with Gasteiger partial charge in [-0.1, -0.05) is 33.6 Å². The summed E-state index contributed by atoms with van der Waals surface area (Å²) in [6, 6.07) is 10.5. The Kier molecular flexibility index (Phi) is 4.62. The van der Waals surface area contributed by atoms with Crippen LogP contribution in [0.2, 0.25) is 5.02 Å². The fourth-order valence-corrected chi connectivity index (χ4v) is 2.46. The van der Waals surface area contributed by atoms with E-state index in [1.807, 2.05) is 18.2 Å². The molecule has 2 rings (SSSR count). The maximum Gasteiger partial charge on any atom is 0.274 e.